The molecule has 2 saturated carbocycles. The summed E-state index contributed by atoms with van der Waals surface area (Å²) in [7, 11) is 3.66. The highest BCUT2D eigenvalue weighted by Crippen LogP contribution is 2.48. The molecule has 0 aromatic rings. The van der Waals surface area contributed by atoms with Gasteiger partial charge in [0.25, 0.3) is 0 Å². The van der Waals surface area contributed by atoms with Crippen molar-refractivity contribution in [1.82, 2.24) is 10.6 Å². The van der Waals surface area contributed by atoms with E-state index in [1.807, 2.05) is 7.05 Å². The second kappa shape index (κ2) is 7.67. The van der Waals surface area contributed by atoms with Crippen molar-refractivity contribution >= 4 is 5.96 Å². The number of methoxy groups -OCH3 is 1. The van der Waals surface area contributed by atoms with Gasteiger partial charge in [-0.15, -0.1) is 0 Å². The highest BCUT2D eigenvalue weighted by Gasteiger charge is 2.42. The van der Waals surface area contributed by atoms with E-state index in [9.17, 15) is 0 Å². The van der Waals surface area contributed by atoms with Crippen LogP contribution in [0.1, 0.15) is 58.8 Å². The molecule has 0 saturated heterocycles. The third-order valence-corrected chi connectivity index (χ3v) is 5.53. The van der Waals surface area contributed by atoms with E-state index < -0.39 is 0 Å². The van der Waals surface area contributed by atoms with Crippen LogP contribution in [0.15, 0.2) is 4.99 Å². The van der Waals surface area contributed by atoms with Gasteiger partial charge in [0, 0.05) is 33.9 Å². The molecule has 0 atom stereocenters. The Hall–Kier alpha value is -0.770. The molecule has 0 amide bonds. The summed E-state index contributed by atoms with van der Waals surface area (Å²) >= 11 is 0. The molecular formula is C18H35N3O. The van der Waals surface area contributed by atoms with E-state index in [2.05, 4.69) is 29.5 Å². The van der Waals surface area contributed by atoms with Crippen LogP contribution in [0.5, 0.6) is 0 Å². The summed E-state index contributed by atoms with van der Waals surface area (Å²) in [5.41, 5.74) is 0.971. The number of hydrogen-bond acceptors (Lipinski definition) is 2. The van der Waals surface area contributed by atoms with E-state index in [0.29, 0.717) is 10.8 Å². The van der Waals surface area contributed by atoms with Gasteiger partial charge in [0.1, 0.15) is 0 Å². The van der Waals surface area contributed by atoms with Crippen LogP contribution < -0.4 is 10.6 Å². The smallest absolute Gasteiger partial charge is 0.191 e. The Morgan fingerprint density at radius 1 is 1.09 bits per heavy atom. The topological polar surface area (TPSA) is 45.7 Å². The molecule has 0 radical (unpaired) electrons. The highest BCUT2D eigenvalue weighted by atomic mass is 16.5. The standard InChI is InChI=1S/C18H35N3O/c1-15(2)12-18(6-5-7-18)14-21-16(19-3)20-13-17(8-9-17)10-11-22-4/h15H,5-14H2,1-4H3,(H2,19,20,21). The molecule has 0 aromatic carbocycles. The number of guanidine groups is 1. The molecule has 0 aliphatic heterocycles. The Kier molecular flexibility index (Phi) is 6.13. The van der Waals surface area contributed by atoms with Gasteiger partial charge in [-0.05, 0) is 55.3 Å². The fourth-order valence-electron chi connectivity index (χ4n) is 3.77. The van der Waals surface area contributed by atoms with E-state index in [4.69, 9.17) is 4.74 Å². The van der Waals surface area contributed by atoms with Crippen molar-refractivity contribution in [2.45, 2.75) is 58.8 Å². The normalized spacial score (nSPS) is 22.3. The Labute approximate surface area is 136 Å². The van der Waals surface area contributed by atoms with E-state index in [0.717, 1.165) is 38.0 Å². The summed E-state index contributed by atoms with van der Waals surface area (Å²) in [5.74, 6) is 1.75. The maximum Gasteiger partial charge on any atom is 0.191 e. The van der Waals surface area contributed by atoms with Gasteiger partial charge in [-0.1, -0.05) is 20.3 Å². The van der Waals surface area contributed by atoms with Gasteiger partial charge in [0.05, 0.1) is 0 Å². The minimum absolute atomic E-state index is 0.458. The monoisotopic (exact) mass is 309 g/mol. The minimum Gasteiger partial charge on any atom is -0.385 e. The fraction of sp³-hybridized carbons (Fsp3) is 0.944. The number of rotatable bonds is 9. The number of nitrogens with zero attached hydrogens (tertiary/aromatic N) is 1. The maximum atomic E-state index is 5.23. The molecule has 22 heavy (non-hydrogen) atoms. The van der Waals surface area contributed by atoms with Crippen molar-refractivity contribution < 1.29 is 4.74 Å². The predicted molar refractivity (Wildman–Crippen MR) is 93.3 cm³/mol. The summed E-state index contributed by atoms with van der Waals surface area (Å²) in [4.78, 5) is 4.40. The summed E-state index contributed by atoms with van der Waals surface area (Å²) in [6.07, 6.45) is 9.25. The zero-order chi connectivity index (χ0) is 16.1. The van der Waals surface area contributed by atoms with Crippen molar-refractivity contribution in [2.75, 3.05) is 33.9 Å². The number of aliphatic imine (C=N–C) groups is 1. The van der Waals surface area contributed by atoms with Crippen molar-refractivity contribution in [2.24, 2.45) is 21.7 Å². The first-order valence-electron chi connectivity index (χ1n) is 8.97. The molecule has 2 fully saturated rings. The third-order valence-electron chi connectivity index (χ3n) is 5.53. The van der Waals surface area contributed by atoms with Crippen molar-refractivity contribution in [1.29, 1.82) is 0 Å². The third kappa shape index (κ3) is 4.87. The van der Waals surface area contributed by atoms with Crippen LogP contribution in [0.3, 0.4) is 0 Å². The molecule has 0 heterocycles. The average Bonchev–Trinajstić information content (AvgIpc) is 3.22. The van der Waals surface area contributed by atoms with Crippen LogP contribution in [-0.2, 0) is 4.74 Å². The average molecular weight is 309 g/mol. The molecule has 0 unspecified atom stereocenters. The first-order valence-corrected chi connectivity index (χ1v) is 8.97. The van der Waals surface area contributed by atoms with Gasteiger partial charge in [0.2, 0.25) is 0 Å². The van der Waals surface area contributed by atoms with Gasteiger partial charge in [0.15, 0.2) is 5.96 Å². The second-order valence-corrected chi connectivity index (χ2v) is 7.97. The van der Waals surface area contributed by atoms with E-state index in [1.165, 1.54) is 38.5 Å². The molecule has 2 rings (SSSR count). The van der Waals surface area contributed by atoms with E-state index in [-0.39, 0.29) is 0 Å². The summed E-state index contributed by atoms with van der Waals surface area (Å²) in [6.45, 7) is 7.62. The van der Waals surface area contributed by atoms with Crippen LogP contribution in [-0.4, -0.2) is 39.8 Å². The van der Waals surface area contributed by atoms with Crippen LogP contribution >= 0.6 is 0 Å². The lowest BCUT2D eigenvalue weighted by Crippen LogP contribution is -2.48. The van der Waals surface area contributed by atoms with Crippen LogP contribution in [0.25, 0.3) is 0 Å². The van der Waals surface area contributed by atoms with E-state index in [1.54, 1.807) is 7.11 Å². The Morgan fingerprint density at radius 2 is 1.73 bits per heavy atom. The van der Waals surface area contributed by atoms with Crippen molar-refractivity contribution in [3.63, 3.8) is 0 Å². The highest BCUT2D eigenvalue weighted by molar-refractivity contribution is 5.79. The Balaban J connectivity index is 1.73. The molecule has 4 heteroatoms. The van der Waals surface area contributed by atoms with E-state index >= 15 is 0 Å². The Bertz CT molecular complexity index is 371. The lowest BCUT2D eigenvalue weighted by molar-refractivity contribution is 0.104. The summed E-state index contributed by atoms with van der Waals surface area (Å²) in [5, 5.41) is 7.12. The summed E-state index contributed by atoms with van der Waals surface area (Å²) in [6, 6.07) is 0. The molecule has 0 spiro atoms. The van der Waals surface area contributed by atoms with Crippen LogP contribution in [0.4, 0.5) is 0 Å². The quantitative estimate of drug-likeness (QED) is 0.508. The molecule has 2 aliphatic carbocycles. The minimum atomic E-state index is 0.458. The zero-order valence-corrected chi connectivity index (χ0v) is 15.0. The molecule has 0 bridgehead atoms. The molecule has 4 nitrogen and oxygen atoms in total. The number of ether oxygens (including phenoxy) is 1. The van der Waals surface area contributed by atoms with Gasteiger partial charge in [-0.2, -0.15) is 0 Å². The predicted octanol–water partition coefficient (Wildman–Crippen LogP) is 3.18. The fourth-order valence-corrected chi connectivity index (χ4v) is 3.77. The van der Waals surface area contributed by atoms with Crippen LogP contribution in [0, 0.1) is 16.7 Å². The van der Waals surface area contributed by atoms with Crippen LogP contribution in [0.2, 0.25) is 0 Å². The molecule has 0 aromatic heterocycles. The number of hydrogen-bond donors (Lipinski definition) is 2. The summed E-state index contributed by atoms with van der Waals surface area (Å²) < 4.78 is 5.23. The first kappa shape index (κ1) is 17.6. The SMILES string of the molecule is CN=C(NCC1(CCOC)CC1)NCC1(CC(C)C)CCC1. The lowest BCUT2D eigenvalue weighted by Gasteiger charge is -2.43. The number of nitrogens with one attached hydrogen (secondary N) is 2. The van der Waals surface area contributed by atoms with Gasteiger partial charge >= 0.3 is 0 Å². The zero-order valence-electron chi connectivity index (χ0n) is 15.0. The van der Waals surface area contributed by atoms with Crippen molar-refractivity contribution in [3.05, 3.63) is 0 Å². The van der Waals surface area contributed by atoms with Crippen molar-refractivity contribution in [3.8, 4) is 0 Å². The molecule has 128 valence electrons. The second-order valence-electron chi connectivity index (χ2n) is 7.97. The Morgan fingerprint density at radius 3 is 2.14 bits per heavy atom. The maximum absolute atomic E-state index is 5.23. The lowest BCUT2D eigenvalue weighted by atomic mass is 9.64. The molecular weight excluding hydrogens is 274 g/mol. The van der Waals surface area contributed by atoms with Gasteiger partial charge in [-0.25, -0.2) is 0 Å². The largest absolute Gasteiger partial charge is 0.385 e. The molecule has 2 aliphatic rings. The molecule has 2 N–H and O–H groups in total. The first-order chi connectivity index (χ1) is 10.5. The van der Waals surface area contributed by atoms with Gasteiger partial charge in [-0.3, -0.25) is 4.99 Å². The van der Waals surface area contributed by atoms with Gasteiger partial charge < -0.3 is 15.4 Å².